The first-order valence-corrected chi connectivity index (χ1v) is 11.7. The van der Waals surface area contributed by atoms with Crippen molar-refractivity contribution in [1.82, 2.24) is 14.9 Å². The van der Waals surface area contributed by atoms with Crippen molar-refractivity contribution in [2.24, 2.45) is 0 Å². The average molecular weight is 495 g/mol. The van der Waals surface area contributed by atoms with Gasteiger partial charge in [0.1, 0.15) is 10.7 Å². The second-order valence-corrected chi connectivity index (χ2v) is 9.34. The Morgan fingerprint density at radius 3 is 2.61 bits per heavy atom. The molecule has 0 radical (unpaired) electrons. The highest BCUT2D eigenvalue weighted by Gasteiger charge is 2.32. The number of carbonyl (C=O) groups is 1. The Labute approximate surface area is 198 Å². The van der Waals surface area contributed by atoms with Crippen LogP contribution < -0.4 is 4.90 Å². The maximum atomic E-state index is 13.2. The lowest BCUT2D eigenvalue weighted by Gasteiger charge is -2.24. The first-order valence-electron chi connectivity index (χ1n) is 10.5. The van der Waals surface area contributed by atoms with Crippen LogP contribution in [0.5, 0.6) is 0 Å². The number of rotatable bonds is 4. The molecule has 10 heteroatoms. The Morgan fingerprint density at radius 1 is 1.15 bits per heavy atom. The summed E-state index contributed by atoms with van der Waals surface area (Å²) >= 11 is 7.53. The van der Waals surface area contributed by atoms with Crippen molar-refractivity contribution in [3.8, 4) is 0 Å². The Hall–Kier alpha value is -2.65. The highest BCUT2D eigenvalue weighted by atomic mass is 35.5. The van der Waals surface area contributed by atoms with Gasteiger partial charge in [0.2, 0.25) is 0 Å². The molecule has 1 aromatic carbocycles. The van der Waals surface area contributed by atoms with E-state index in [1.165, 1.54) is 11.3 Å². The van der Waals surface area contributed by atoms with Crippen LogP contribution in [0, 0.1) is 6.92 Å². The second-order valence-electron chi connectivity index (χ2n) is 7.84. The number of pyridine rings is 1. The zero-order valence-electron chi connectivity index (χ0n) is 17.9. The monoisotopic (exact) mass is 494 g/mol. The molecule has 0 bridgehead atoms. The predicted molar refractivity (Wildman–Crippen MR) is 123 cm³/mol. The van der Waals surface area contributed by atoms with Crippen molar-refractivity contribution in [3.05, 3.63) is 74.3 Å². The van der Waals surface area contributed by atoms with Gasteiger partial charge in [0.15, 0.2) is 0 Å². The highest BCUT2D eigenvalue weighted by Crippen LogP contribution is 2.34. The van der Waals surface area contributed by atoms with E-state index in [0.29, 0.717) is 55.4 Å². The number of hydrogen-bond donors (Lipinski definition) is 0. The zero-order valence-corrected chi connectivity index (χ0v) is 19.5. The third-order valence-electron chi connectivity index (χ3n) is 5.47. The number of nitrogens with zero attached hydrogens (tertiary/aromatic N) is 4. The molecule has 1 aliphatic rings. The Morgan fingerprint density at radius 2 is 1.91 bits per heavy atom. The molecular formula is C23H22ClF3N4OS. The van der Waals surface area contributed by atoms with Crippen molar-refractivity contribution in [2.75, 3.05) is 31.1 Å². The fourth-order valence-corrected chi connectivity index (χ4v) is 5.14. The molecule has 1 amide bonds. The third-order valence-corrected chi connectivity index (χ3v) is 6.89. The molecule has 1 aliphatic heterocycles. The molecule has 3 heterocycles. The summed E-state index contributed by atoms with van der Waals surface area (Å²) in [5.74, 6) is 0.232. The predicted octanol–water partition coefficient (Wildman–Crippen LogP) is 5.46. The summed E-state index contributed by atoms with van der Waals surface area (Å²) in [5.41, 5.74) is 0.968. The highest BCUT2D eigenvalue weighted by molar-refractivity contribution is 7.13. The van der Waals surface area contributed by atoms with Crippen molar-refractivity contribution in [3.63, 3.8) is 0 Å². The van der Waals surface area contributed by atoms with Gasteiger partial charge in [-0.15, -0.1) is 11.3 Å². The summed E-state index contributed by atoms with van der Waals surface area (Å²) in [6, 6.07) is 10.9. The van der Waals surface area contributed by atoms with Crippen LogP contribution >= 0.6 is 22.9 Å². The summed E-state index contributed by atoms with van der Waals surface area (Å²) in [5, 5.41) is 0.840. The van der Waals surface area contributed by atoms with Crippen LogP contribution in [0.25, 0.3) is 0 Å². The van der Waals surface area contributed by atoms with Gasteiger partial charge in [-0.3, -0.25) is 4.79 Å². The maximum absolute atomic E-state index is 13.2. The molecule has 0 spiro atoms. The minimum absolute atomic E-state index is 0.0477. The lowest BCUT2D eigenvalue weighted by Crippen LogP contribution is -2.35. The van der Waals surface area contributed by atoms with Gasteiger partial charge in [-0.1, -0.05) is 41.9 Å². The number of aromatic nitrogens is 2. The standard InChI is InChI=1S/C23H22ClF3N4OS/c1-15-20(33-19(29-15)12-16-6-3-2-4-7-16)22(32)31-9-5-8-30(10-11-31)21-18(24)13-17(14-28-21)23(25,26)27/h2-4,6-7,13-14H,5,8-12H2,1H3. The molecule has 1 fully saturated rings. The number of benzene rings is 1. The summed E-state index contributed by atoms with van der Waals surface area (Å²) in [6.07, 6.45) is -2.38. The van der Waals surface area contributed by atoms with Gasteiger partial charge in [0, 0.05) is 38.8 Å². The van der Waals surface area contributed by atoms with Crippen LogP contribution in [0.2, 0.25) is 5.02 Å². The number of anilines is 1. The average Bonchev–Trinajstić information content (AvgIpc) is 2.97. The fraction of sp³-hybridized carbons (Fsp3) is 0.348. The van der Waals surface area contributed by atoms with Gasteiger partial charge in [0.25, 0.3) is 5.91 Å². The minimum atomic E-state index is -4.50. The summed E-state index contributed by atoms with van der Waals surface area (Å²) in [4.78, 5) is 26.0. The number of alkyl halides is 3. The summed E-state index contributed by atoms with van der Waals surface area (Å²) < 4.78 is 38.7. The van der Waals surface area contributed by atoms with Crippen molar-refractivity contribution >= 4 is 34.7 Å². The van der Waals surface area contributed by atoms with Crippen molar-refractivity contribution < 1.29 is 18.0 Å². The van der Waals surface area contributed by atoms with Gasteiger partial charge in [0.05, 0.1) is 21.3 Å². The van der Waals surface area contributed by atoms with Gasteiger partial charge in [-0.05, 0) is 25.0 Å². The van der Waals surface area contributed by atoms with Crippen molar-refractivity contribution in [1.29, 1.82) is 0 Å². The summed E-state index contributed by atoms with van der Waals surface area (Å²) in [7, 11) is 0. The zero-order chi connectivity index (χ0) is 23.6. The van der Waals surface area contributed by atoms with E-state index in [0.717, 1.165) is 22.8 Å². The molecule has 174 valence electrons. The lowest BCUT2D eigenvalue weighted by molar-refractivity contribution is -0.137. The molecular weight excluding hydrogens is 473 g/mol. The van der Waals surface area contributed by atoms with E-state index in [1.807, 2.05) is 42.2 Å². The van der Waals surface area contributed by atoms with E-state index in [4.69, 9.17) is 11.6 Å². The summed E-state index contributed by atoms with van der Waals surface area (Å²) in [6.45, 7) is 3.78. The quantitative estimate of drug-likeness (QED) is 0.483. The third kappa shape index (κ3) is 5.47. The first-order chi connectivity index (χ1) is 15.7. The van der Waals surface area contributed by atoms with E-state index >= 15 is 0 Å². The number of aryl methyl sites for hydroxylation is 1. The van der Waals surface area contributed by atoms with Gasteiger partial charge in [-0.2, -0.15) is 13.2 Å². The molecule has 5 nitrogen and oxygen atoms in total. The molecule has 1 saturated heterocycles. The van der Waals surface area contributed by atoms with Crippen LogP contribution in [0.1, 0.15) is 37.9 Å². The normalized spacial score (nSPS) is 14.9. The molecule has 0 unspecified atom stereocenters. The van der Waals surface area contributed by atoms with Crippen LogP contribution in [-0.4, -0.2) is 47.0 Å². The van der Waals surface area contributed by atoms with Crippen LogP contribution in [0.4, 0.5) is 19.0 Å². The first kappa shape index (κ1) is 23.5. The van der Waals surface area contributed by atoms with Gasteiger partial charge >= 0.3 is 6.18 Å². The van der Waals surface area contributed by atoms with Crippen LogP contribution in [0.15, 0.2) is 42.6 Å². The molecule has 0 aliphatic carbocycles. The molecule has 0 saturated carbocycles. The van der Waals surface area contributed by atoms with Gasteiger partial charge < -0.3 is 9.80 Å². The number of amides is 1. The second kappa shape index (κ2) is 9.69. The molecule has 4 rings (SSSR count). The number of thiazole rings is 1. The van der Waals surface area contributed by atoms with E-state index < -0.39 is 11.7 Å². The molecule has 3 aromatic rings. The Balaban J connectivity index is 1.44. The number of hydrogen-bond acceptors (Lipinski definition) is 5. The van der Waals surface area contributed by atoms with Gasteiger partial charge in [-0.25, -0.2) is 9.97 Å². The molecule has 0 atom stereocenters. The molecule has 33 heavy (non-hydrogen) atoms. The van der Waals surface area contributed by atoms with E-state index in [-0.39, 0.29) is 10.9 Å². The van der Waals surface area contributed by atoms with E-state index in [2.05, 4.69) is 9.97 Å². The maximum Gasteiger partial charge on any atom is 0.417 e. The molecule has 2 aromatic heterocycles. The molecule has 0 N–H and O–H groups in total. The van der Waals surface area contributed by atoms with E-state index in [1.54, 1.807) is 4.90 Å². The van der Waals surface area contributed by atoms with Crippen LogP contribution in [0.3, 0.4) is 0 Å². The number of carbonyl (C=O) groups excluding carboxylic acids is 1. The smallest absolute Gasteiger partial charge is 0.354 e. The topological polar surface area (TPSA) is 49.3 Å². The fourth-order valence-electron chi connectivity index (χ4n) is 3.79. The Bertz CT molecular complexity index is 1140. The van der Waals surface area contributed by atoms with Crippen molar-refractivity contribution in [2.45, 2.75) is 25.9 Å². The van der Waals surface area contributed by atoms with Crippen LogP contribution in [-0.2, 0) is 12.6 Å². The number of halogens is 4. The lowest BCUT2D eigenvalue weighted by atomic mass is 10.2. The minimum Gasteiger partial charge on any atom is -0.354 e. The van der Waals surface area contributed by atoms with E-state index in [9.17, 15) is 18.0 Å². The Kier molecular flexibility index (Phi) is 6.90. The largest absolute Gasteiger partial charge is 0.417 e. The SMILES string of the molecule is Cc1nc(Cc2ccccc2)sc1C(=O)N1CCCN(c2ncc(C(F)(F)F)cc2Cl)CC1.